The zero-order valence-electron chi connectivity index (χ0n) is 19.7. The van der Waals surface area contributed by atoms with Crippen LogP contribution in [0.4, 0.5) is 40.7 Å². The fourth-order valence-electron chi connectivity index (χ4n) is 3.89. The first-order chi connectivity index (χ1) is 17.2. The van der Waals surface area contributed by atoms with Crippen molar-refractivity contribution in [3.63, 3.8) is 0 Å². The number of carbonyl (C=O) groups excluding carboxylic acids is 2. The average Bonchev–Trinajstić information content (AvgIpc) is 2.87. The molecule has 1 fully saturated rings. The van der Waals surface area contributed by atoms with Crippen molar-refractivity contribution in [1.29, 1.82) is 5.26 Å². The average molecular weight is 501 g/mol. The lowest BCUT2D eigenvalue weighted by Crippen LogP contribution is -2.33. The number of amides is 3. The summed E-state index contributed by atoms with van der Waals surface area (Å²) in [5.41, 5.74) is 1.58. The highest BCUT2D eigenvalue weighted by Gasteiger charge is 2.28. The van der Waals surface area contributed by atoms with Crippen LogP contribution in [0.5, 0.6) is 0 Å². The normalized spacial score (nSPS) is 14.2. The van der Waals surface area contributed by atoms with E-state index >= 15 is 0 Å². The van der Waals surface area contributed by atoms with Gasteiger partial charge in [0.05, 0.1) is 29.3 Å². The minimum absolute atomic E-state index is 0.0412. The Morgan fingerprint density at radius 2 is 1.83 bits per heavy atom. The van der Waals surface area contributed by atoms with E-state index in [0.29, 0.717) is 16.9 Å². The van der Waals surface area contributed by atoms with E-state index in [4.69, 9.17) is 5.26 Å². The number of alkyl halides is 3. The molecule has 0 unspecified atom stereocenters. The molecule has 1 saturated carbocycles. The number of nitrogens with one attached hydrogen (secondary N) is 3. The molecule has 2 aromatic rings. The monoisotopic (exact) mass is 500 g/mol. The van der Waals surface area contributed by atoms with Crippen LogP contribution in [0.3, 0.4) is 0 Å². The van der Waals surface area contributed by atoms with Crippen molar-refractivity contribution in [3.05, 3.63) is 48.0 Å². The number of rotatable bonds is 7. The number of nitrogens with zero attached hydrogens (tertiary/aromatic N) is 3. The van der Waals surface area contributed by atoms with Crippen LogP contribution in [0.1, 0.15) is 37.7 Å². The zero-order valence-corrected chi connectivity index (χ0v) is 19.7. The number of carbonyl (C=O) groups is 2. The number of nitriles is 1. The Labute approximate surface area is 207 Å². The number of hydrogen-bond acceptors (Lipinski definition) is 5. The molecular formula is C25H27F3N6O2. The molecule has 1 aliphatic rings. The SMILES string of the molecule is CN(C(=O)C1CCCCC1)c1ccc(NCC(F)(F)F)c(N=CNC(=O)Nc2ccc(C#N)cc2)c1. The molecule has 190 valence electrons. The highest BCUT2D eigenvalue weighted by molar-refractivity contribution is 5.98. The first-order valence-electron chi connectivity index (χ1n) is 11.5. The van der Waals surface area contributed by atoms with Gasteiger partial charge in [0.1, 0.15) is 6.54 Å². The van der Waals surface area contributed by atoms with Crippen molar-refractivity contribution >= 4 is 41.0 Å². The van der Waals surface area contributed by atoms with E-state index in [1.54, 1.807) is 37.4 Å². The van der Waals surface area contributed by atoms with Gasteiger partial charge in [0.2, 0.25) is 5.91 Å². The van der Waals surface area contributed by atoms with Crippen LogP contribution in [-0.2, 0) is 4.79 Å². The Kier molecular flexibility index (Phi) is 8.89. The van der Waals surface area contributed by atoms with Gasteiger partial charge in [-0.15, -0.1) is 0 Å². The standard InChI is InChI=1S/C25H27F3N6O2/c1-34(23(35)18-5-3-2-4-6-18)20-11-12-21(30-15-25(26,27)28)22(13-20)31-16-32-24(36)33-19-9-7-17(14-29)8-10-19/h7-13,16,18,30H,2-6,15H2,1H3,(H2,31,32,33,36). The molecule has 3 amide bonds. The molecule has 3 rings (SSSR count). The molecule has 36 heavy (non-hydrogen) atoms. The summed E-state index contributed by atoms with van der Waals surface area (Å²) < 4.78 is 38.3. The van der Waals surface area contributed by atoms with E-state index < -0.39 is 18.8 Å². The van der Waals surface area contributed by atoms with Gasteiger partial charge in [-0.3, -0.25) is 10.1 Å². The van der Waals surface area contributed by atoms with Crippen molar-refractivity contribution < 1.29 is 22.8 Å². The van der Waals surface area contributed by atoms with E-state index in [1.165, 1.54) is 17.0 Å². The van der Waals surface area contributed by atoms with Crippen LogP contribution in [0.25, 0.3) is 0 Å². The molecule has 2 aromatic carbocycles. The second-order valence-corrected chi connectivity index (χ2v) is 8.45. The zero-order chi connectivity index (χ0) is 26.1. The highest BCUT2D eigenvalue weighted by atomic mass is 19.4. The van der Waals surface area contributed by atoms with E-state index in [2.05, 4.69) is 20.9 Å². The Bertz CT molecular complexity index is 1140. The Hall–Kier alpha value is -4.07. The molecule has 0 heterocycles. The molecule has 0 radical (unpaired) electrons. The van der Waals surface area contributed by atoms with Crippen molar-refractivity contribution in [3.8, 4) is 6.07 Å². The van der Waals surface area contributed by atoms with Crippen LogP contribution >= 0.6 is 0 Å². The summed E-state index contributed by atoms with van der Waals surface area (Å²) in [7, 11) is 1.63. The predicted octanol–water partition coefficient (Wildman–Crippen LogP) is 5.56. The van der Waals surface area contributed by atoms with E-state index in [0.717, 1.165) is 38.4 Å². The van der Waals surface area contributed by atoms with Gasteiger partial charge >= 0.3 is 12.2 Å². The first-order valence-corrected chi connectivity index (χ1v) is 11.5. The maximum Gasteiger partial charge on any atom is 0.405 e. The summed E-state index contributed by atoms with van der Waals surface area (Å²) in [6, 6.07) is 12.0. The van der Waals surface area contributed by atoms with E-state index in [1.807, 2.05) is 6.07 Å². The van der Waals surface area contributed by atoms with Gasteiger partial charge in [-0.1, -0.05) is 19.3 Å². The third-order valence-electron chi connectivity index (χ3n) is 5.80. The van der Waals surface area contributed by atoms with Gasteiger partial charge in [-0.05, 0) is 55.3 Å². The summed E-state index contributed by atoms with van der Waals surface area (Å²) in [5.74, 6) is -0.119. The lowest BCUT2D eigenvalue weighted by atomic mass is 9.88. The Morgan fingerprint density at radius 1 is 1.14 bits per heavy atom. The first kappa shape index (κ1) is 26.5. The molecule has 1 aliphatic carbocycles. The molecular weight excluding hydrogens is 473 g/mol. The number of aliphatic imine (C=N–C) groups is 1. The largest absolute Gasteiger partial charge is 0.405 e. The molecule has 0 aromatic heterocycles. The predicted molar refractivity (Wildman–Crippen MR) is 132 cm³/mol. The minimum atomic E-state index is -4.44. The Balaban J connectivity index is 1.73. The highest BCUT2D eigenvalue weighted by Crippen LogP contribution is 2.33. The summed E-state index contributed by atoms with van der Waals surface area (Å²) in [5, 5.41) is 16.1. The minimum Gasteiger partial charge on any atom is -0.375 e. The van der Waals surface area contributed by atoms with Gasteiger partial charge < -0.3 is 15.5 Å². The number of benzene rings is 2. The summed E-state index contributed by atoms with van der Waals surface area (Å²) in [6.45, 7) is -1.27. The molecule has 0 bridgehead atoms. The third kappa shape index (κ3) is 7.73. The third-order valence-corrected chi connectivity index (χ3v) is 5.80. The topological polar surface area (TPSA) is 110 Å². The molecule has 11 heteroatoms. The Morgan fingerprint density at radius 3 is 2.47 bits per heavy atom. The number of hydrogen-bond donors (Lipinski definition) is 3. The maximum absolute atomic E-state index is 12.9. The van der Waals surface area contributed by atoms with E-state index in [-0.39, 0.29) is 23.2 Å². The van der Waals surface area contributed by atoms with Gasteiger partial charge in [-0.25, -0.2) is 9.79 Å². The molecule has 0 spiro atoms. The van der Waals surface area contributed by atoms with Crippen molar-refractivity contribution in [1.82, 2.24) is 5.32 Å². The summed E-state index contributed by atoms with van der Waals surface area (Å²) >= 11 is 0. The second-order valence-electron chi connectivity index (χ2n) is 8.45. The molecule has 8 nitrogen and oxygen atoms in total. The van der Waals surface area contributed by atoms with Crippen molar-refractivity contribution in [2.45, 2.75) is 38.3 Å². The fourth-order valence-corrected chi connectivity index (χ4v) is 3.89. The van der Waals surface area contributed by atoms with Gasteiger partial charge in [0.25, 0.3) is 0 Å². The molecule has 3 N–H and O–H groups in total. The molecule has 0 atom stereocenters. The van der Waals surface area contributed by atoms with Crippen LogP contribution in [0, 0.1) is 17.2 Å². The van der Waals surface area contributed by atoms with Crippen molar-refractivity contribution in [2.75, 3.05) is 29.1 Å². The summed E-state index contributed by atoms with van der Waals surface area (Å²) in [4.78, 5) is 30.7. The lowest BCUT2D eigenvalue weighted by Gasteiger charge is -2.27. The fraction of sp³-hybridized carbons (Fsp3) is 0.360. The van der Waals surface area contributed by atoms with Gasteiger partial charge in [-0.2, -0.15) is 18.4 Å². The van der Waals surface area contributed by atoms with E-state index in [9.17, 15) is 22.8 Å². The quantitative estimate of drug-likeness (QED) is 0.342. The number of urea groups is 1. The van der Waals surface area contributed by atoms with Crippen LogP contribution < -0.4 is 20.9 Å². The van der Waals surface area contributed by atoms with Crippen LogP contribution in [-0.4, -0.2) is 38.0 Å². The second kappa shape index (κ2) is 12.1. The van der Waals surface area contributed by atoms with Gasteiger partial charge in [0.15, 0.2) is 0 Å². The van der Waals surface area contributed by atoms with Crippen LogP contribution in [0.15, 0.2) is 47.5 Å². The molecule has 0 saturated heterocycles. The lowest BCUT2D eigenvalue weighted by molar-refractivity contribution is -0.123. The smallest absolute Gasteiger partial charge is 0.375 e. The number of anilines is 3. The number of halogens is 3. The summed E-state index contributed by atoms with van der Waals surface area (Å²) in [6.07, 6.45) is 1.35. The maximum atomic E-state index is 12.9. The van der Waals surface area contributed by atoms with Crippen LogP contribution in [0.2, 0.25) is 0 Å². The van der Waals surface area contributed by atoms with Crippen molar-refractivity contribution in [2.24, 2.45) is 10.9 Å². The molecule has 0 aliphatic heterocycles. The van der Waals surface area contributed by atoms with Gasteiger partial charge in [0, 0.05) is 24.3 Å².